The number of halogens is 2. The van der Waals surface area contributed by atoms with Crippen LogP contribution in [0, 0.1) is 0 Å². The Bertz CT molecular complexity index is 526. The Labute approximate surface area is 108 Å². The van der Waals surface area contributed by atoms with Crippen molar-refractivity contribution < 1.29 is 4.79 Å². The lowest BCUT2D eigenvalue weighted by molar-refractivity contribution is 0.0975. The van der Waals surface area contributed by atoms with Gasteiger partial charge in [-0.15, -0.1) is 0 Å². The van der Waals surface area contributed by atoms with E-state index >= 15 is 0 Å². The molecule has 0 atom stereocenters. The first-order valence-electron chi connectivity index (χ1n) is 4.97. The molecule has 1 heterocycles. The molecule has 0 fully saturated rings. The number of aromatic nitrogens is 3. The van der Waals surface area contributed by atoms with E-state index in [1.54, 1.807) is 29.2 Å². The van der Waals surface area contributed by atoms with Crippen molar-refractivity contribution in [1.82, 2.24) is 14.8 Å². The van der Waals surface area contributed by atoms with E-state index in [0.717, 1.165) is 0 Å². The zero-order valence-electron chi connectivity index (χ0n) is 8.81. The maximum atomic E-state index is 11.8. The molecule has 0 aliphatic carbocycles. The van der Waals surface area contributed by atoms with E-state index in [0.29, 0.717) is 28.6 Å². The van der Waals surface area contributed by atoms with Gasteiger partial charge in [0.2, 0.25) is 0 Å². The number of nitrogens with zero attached hydrogens (tertiary/aromatic N) is 3. The van der Waals surface area contributed by atoms with Crippen molar-refractivity contribution in [2.24, 2.45) is 0 Å². The fourth-order valence-electron chi connectivity index (χ4n) is 1.38. The van der Waals surface area contributed by atoms with Gasteiger partial charge < -0.3 is 0 Å². The van der Waals surface area contributed by atoms with E-state index in [2.05, 4.69) is 10.1 Å². The van der Waals surface area contributed by atoms with Crippen LogP contribution in [0.2, 0.25) is 10.0 Å². The van der Waals surface area contributed by atoms with Crippen LogP contribution in [-0.4, -0.2) is 20.5 Å². The minimum atomic E-state index is -0.000864. The number of carbonyl (C=O) groups is 1. The van der Waals surface area contributed by atoms with Crippen LogP contribution >= 0.6 is 23.2 Å². The molecule has 2 rings (SSSR count). The highest BCUT2D eigenvalue weighted by Gasteiger charge is 2.08. The predicted octanol–water partition coefficient (Wildman–Crippen LogP) is 2.86. The van der Waals surface area contributed by atoms with Crippen LogP contribution in [0.4, 0.5) is 0 Å². The SMILES string of the molecule is O=C(CCn1cncn1)c1ccc(Cl)c(Cl)c1. The van der Waals surface area contributed by atoms with E-state index in [4.69, 9.17) is 23.2 Å². The van der Waals surface area contributed by atoms with Crippen LogP contribution in [0.1, 0.15) is 16.8 Å². The number of aryl methyl sites for hydroxylation is 1. The number of hydrogen-bond acceptors (Lipinski definition) is 3. The highest BCUT2D eigenvalue weighted by Crippen LogP contribution is 2.23. The van der Waals surface area contributed by atoms with Crippen molar-refractivity contribution in [3.63, 3.8) is 0 Å². The van der Waals surface area contributed by atoms with Crippen LogP contribution in [0.3, 0.4) is 0 Å². The Morgan fingerprint density at radius 1 is 1.29 bits per heavy atom. The fourth-order valence-corrected chi connectivity index (χ4v) is 1.68. The van der Waals surface area contributed by atoms with E-state index < -0.39 is 0 Å². The molecule has 0 saturated carbocycles. The van der Waals surface area contributed by atoms with Gasteiger partial charge in [-0.1, -0.05) is 23.2 Å². The van der Waals surface area contributed by atoms with E-state index in [-0.39, 0.29) is 5.78 Å². The monoisotopic (exact) mass is 269 g/mol. The molecule has 6 heteroatoms. The third-order valence-electron chi connectivity index (χ3n) is 2.28. The standard InChI is InChI=1S/C11H9Cl2N3O/c12-9-2-1-8(5-10(9)13)11(17)3-4-16-7-14-6-15-16/h1-2,5-7H,3-4H2. The number of benzene rings is 1. The minimum Gasteiger partial charge on any atom is -0.294 e. The molecule has 0 bridgehead atoms. The van der Waals surface area contributed by atoms with Crippen LogP contribution in [-0.2, 0) is 6.54 Å². The third-order valence-corrected chi connectivity index (χ3v) is 3.02. The minimum absolute atomic E-state index is 0.000864. The van der Waals surface area contributed by atoms with Crippen LogP contribution in [0.25, 0.3) is 0 Å². The average molecular weight is 270 g/mol. The van der Waals surface area contributed by atoms with Crippen molar-refractivity contribution in [2.45, 2.75) is 13.0 Å². The number of hydrogen-bond donors (Lipinski definition) is 0. The largest absolute Gasteiger partial charge is 0.294 e. The van der Waals surface area contributed by atoms with E-state index in [1.807, 2.05) is 0 Å². The molecular formula is C11H9Cl2N3O. The second-order valence-electron chi connectivity index (χ2n) is 3.46. The lowest BCUT2D eigenvalue weighted by Crippen LogP contribution is -2.06. The smallest absolute Gasteiger partial charge is 0.164 e. The summed E-state index contributed by atoms with van der Waals surface area (Å²) in [6.07, 6.45) is 3.35. The predicted molar refractivity (Wildman–Crippen MR) is 65.4 cm³/mol. The van der Waals surface area contributed by atoms with Gasteiger partial charge in [-0.2, -0.15) is 5.10 Å². The Hall–Kier alpha value is -1.39. The Morgan fingerprint density at radius 3 is 2.76 bits per heavy atom. The fraction of sp³-hybridized carbons (Fsp3) is 0.182. The summed E-state index contributed by atoms with van der Waals surface area (Å²) in [6, 6.07) is 4.86. The first kappa shape index (κ1) is 12.1. The molecular weight excluding hydrogens is 261 g/mol. The molecule has 0 amide bonds. The lowest BCUT2D eigenvalue weighted by atomic mass is 10.1. The van der Waals surface area contributed by atoms with Crippen molar-refractivity contribution in [1.29, 1.82) is 0 Å². The first-order chi connectivity index (χ1) is 8.16. The number of Topliss-reactive ketones (excluding diaryl/α,β-unsaturated/α-hetero) is 1. The highest BCUT2D eigenvalue weighted by atomic mass is 35.5. The highest BCUT2D eigenvalue weighted by molar-refractivity contribution is 6.42. The van der Waals surface area contributed by atoms with Crippen LogP contribution < -0.4 is 0 Å². The summed E-state index contributed by atoms with van der Waals surface area (Å²) in [5, 5.41) is 4.75. The maximum Gasteiger partial charge on any atom is 0.164 e. The molecule has 88 valence electrons. The number of rotatable bonds is 4. The average Bonchev–Trinajstić information content (AvgIpc) is 2.82. The van der Waals surface area contributed by atoms with Gasteiger partial charge in [0.05, 0.1) is 10.0 Å². The molecule has 1 aromatic carbocycles. The number of ketones is 1. The molecule has 0 unspecified atom stereocenters. The molecule has 0 saturated heterocycles. The van der Waals surface area contributed by atoms with Crippen LogP contribution in [0.5, 0.6) is 0 Å². The molecule has 0 aliphatic rings. The lowest BCUT2D eigenvalue weighted by Gasteiger charge is -2.03. The van der Waals surface area contributed by atoms with Gasteiger partial charge >= 0.3 is 0 Å². The van der Waals surface area contributed by atoms with Gasteiger partial charge in [0.25, 0.3) is 0 Å². The van der Waals surface area contributed by atoms with Gasteiger partial charge in [0.1, 0.15) is 12.7 Å². The van der Waals surface area contributed by atoms with Crippen LogP contribution in [0.15, 0.2) is 30.9 Å². The molecule has 2 aromatic rings. The second-order valence-corrected chi connectivity index (χ2v) is 4.28. The summed E-state index contributed by atoms with van der Waals surface area (Å²) in [5.41, 5.74) is 0.555. The van der Waals surface area contributed by atoms with E-state index in [9.17, 15) is 4.79 Å². The maximum absolute atomic E-state index is 11.8. The van der Waals surface area contributed by atoms with Gasteiger partial charge in [0.15, 0.2) is 5.78 Å². The molecule has 0 aliphatic heterocycles. The van der Waals surface area contributed by atoms with Crippen molar-refractivity contribution in [3.8, 4) is 0 Å². The Balaban J connectivity index is 2.02. The van der Waals surface area contributed by atoms with Gasteiger partial charge in [-0.25, -0.2) is 4.98 Å². The summed E-state index contributed by atoms with van der Waals surface area (Å²) in [7, 11) is 0. The summed E-state index contributed by atoms with van der Waals surface area (Å²) in [6.45, 7) is 0.499. The summed E-state index contributed by atoms with van der Waals surface area (Å²) >= 11 is 11.6. The molecule has 0 N–H and O–H groups in total. The van der Waals surface area contributed by atoms with Crippen molar-refractivity contribution in [2.75, 3.05) is 0 Å². The Morgan fingerprint density at radius 2 is 2.12 bits per heavy atom. The van der Waals surface area contributed by atoms with Gasteiger partial charge in [-0.05, 0) is 18.2 Å². The topological polar surface area (TPSA) is 47.8 Å². The first-order valence-corrected chi connectivity index (χ1v) is 5.73. The summed E-state index contributed by atoms with van der Waals surface area (Å²) < 4.78 is 1.61. The summed E-state index contributed by atoms with van der Waals surface area (Å²) in [5.74, 6) is -0.000864. The molecule has 1 aromatic heterocycles. The van der Waals surface area contributed by atoms with Gasteiger partial charge in [0, 0.05) is 18.5 Å². The molecule has 0 radical (unpaired) electrons. The quantitative estimate of drug-likeness (QED) is 0.802. The summed E-state index contributed by atoms with van der Waals surface area (Å²) in [4.78, 5) is 15.6. The zero-order chi connectivity index (χ0) is 12.3. The molecule has 0 spiro atoms. The van der Waals surface area contributed by atoms with E-state index in [1.165, 1.54) is 6.33 Å². The Kier molecular flexibility index (Phi) is 3.76. The molecule has 17 heavy (non-hydrogen) atoms. The third kappa shape index (κ3) is 3.05. The zero-order valence-corrected chi connectivity index (χ0v) is 10.3. The van der Waals surface area contributed by atoms with Gasteiger partial charge in [-0.3, -0.25) is 9.48 Å². The normalized spacial score (nSPS) is 10.5. The van der Waals surface area contributed by atoms with Crippen molar-refractivity contribution >= 4 is 29.0 Å². The number of carbonyl (C=O) groups excluding carboxylic acids is 1. The molecule has 4 nitrogen and oxygen atoms in total. The van der Waals surface area contributed by atoms with Crippen molar-refractivity contribution in [3.05, 3.63) is 46.5 Å². The second kappa shape index (κ2) is 5.29.